The molecule has 0 rings (SSSR count). The highest BCUT2D eigenvalue weighted by molar-refractivity contribution is 5.80. The minimum absolute atomic E-state index is 0.909. The van der Waals surface area contributed by atoms with E-state index in [9.17, 15) is 4.79 Å². The van der Waals surface area contributed by atoms with Crippen molar-refractivity contribution in [2.75, 3.05) is 0 Å². The third-order valence-corrected chi connectivity index (χ3v) is 1.22. The summed E-state index contributed by atoms with van der Waals surface area (Å²) in [6.45, 7) is 1.98. The maximum absolute atomic E-state index is 10.0. The van der Waals surface area contributed by atoms with Gasteiger partial charge in [0.05, 0.1) is 0 Å². The van der Waals surface area contributed by atoms with Gasteiger partial charge in [-0.3, -0.25) is 0 Å². The zero-order chi connectivity index (χ0) is 9.23. The summed E-state index contributed by atoms with van der Waals surface area (Å²) in [7, 11) is 0. The van der Waals surface area contributed by atoms with E-state index in [0.29, 0.717) is 0 Å². The topological polar surface area (TPSA) is 37.3 Å². The second kappa shape index (κ2) is 7.79. The van der Waals surface area contributed by atoms with Gasteiger partial charge in [-0.1, -0.05) is 30.4 Å². The summed E-state index contributed by atoms with van der Waals surface area (Å²) in [4.78, 5) is 10.0. The first-order valence-corrected chi connectivity index (χ1v) is 3.94. The predicted molar refractivity (Wildman–Crippen MR) is 50.0 cm³/mol. The molecule has 12 heavy (non-hydrogen) atoms. The Bertz CT molecular complexity index is 200. The third kappa shape index (κ3) is 8.69. The number of unbranched alkanes of at least 4 members (excludes halogenated alkanes) is 1. The minimum atomic E-state index is -0.909. The molecule has 2 nitrogen and oxygen atoms in total. The lowest BCUT2D eigenvalue weighted by atomic mass is 10.2. The van der Waals surface area contributed by atoms with Crippen LogP contribution in [-0.4, -0.2) is 11.1 Å². The molecule has 0 amide bonds. The predicted octanol–water partition coefficient (Wildman–Crippen LogP) is 2.54. The lowest BCUT2D eigenvalue weighted by Crippen LogP contribution is -1.84. The second-order valence-electron chi connectivity index (χ2n) is 2.27. The van der Waals surface area contributed by atoms with Gasteiger partial charge in [-0.2, -0.15) is 0 Å². The number of carboxylic acid groups (broad SMARTS) is 1. The van der Waals surface area contributed by atoms with Gasteiger partial charge in [-0.25, -0.2) is 4.79 Å². The molecule has 0 aromatic heterocycles. The van der Waals surface area contributed by atoms with Crippen LogP contribution in [0.15, 0.2) is 36.5 Å². The molecule has 0 aromatic rings. The van der Waals surface area contributed by atoms with E-state index >= 15 is 0 Å². The van der Waals surface area contributed by atoms with E-state index in [-0.39, 0.29) is 0 Å². The Morgan fingerprint density at radius 2 is 1.92 bits per heavy atom. The van der Waals surface area contributed by atoms with Crippen molar-refractivity contribution >= 4 is 5.97 Å². The van der Waals surface area contributed by atoms with Crippen LogP contribution < -0.4 is 0 Å². The van der Waals surface area contributed by atoms with Crippen molar-refractivity contribution in [3.05, 3.63) is 36.5 Å². The molecular formula is C10H14O2. The highest BCUT2D eigenvalue weighted by Crippen LogP contribution is 1.92. The molecule has 0 heterocycles. The average molecular weight is 166 g/mol. The van der Waals surface area contributed by atoms with Gasteiger partial charge in [-0.05, 0) is 19.8 Å². The minimum Gasteiger partial charge on any atom is -0.478 e. The monoisotopic (exact) mass is 166 g/mol. The molecule has 0 fully saturated rings. The molecule has 0 aliphatic carbocycles. The number of hydrogen-bond donors (Lipinski definition) is 1. The second-order valence-corrected chi connectivity index (χ2v) is 2.27. The van der Waals surface area contributed by atoms with Crippen LogP contribution in [0, 0.1) is 0 Å². The Kier molecular flexibility index (Phi) is 6.94. The zero-order valence-electron chi connectivity index (χ0n) is 7.23. The summed E-state index contributed by atoms with van der Waals surface area (Å²) in [6, 6.07) is 0. The van der Waals surface area contributed by atoms with Gasteiger partial charge in [0.25, 0.3) is 0 Å². The maximum atomic E-state index is 10.0. The van der Waals surface area contributed by atoms with Gasteiger partial charge in [0.15, 0.2) is 0 Å². The van der Waals surface area contributed by atoms with Crippen molar-refractivity contribution in [3.8, 4) is 0 Å². The summed E-state index contributed by atoms with van der Waals surface area (Å²) in [5.41, 5.74) is 0. The molecule has 0 saturated carbocycles. The van der Waals surface area contributed by atoms with E-state index in [1.54, 1.807) is 6.08 Å². The zero-order valence-corrected chi connectivity index (χ0v) is 7.23. The van der Waals surface area contributed by atoms with Crippen LogP contribution in [-0.2, 0) is 4.79 Å². The molecule has 0 bridgehead atoms. The van der Waals surface area contributed by atoms with E-state index in [4.69, 9.17) is 5.11 Å². The first-order valence-electron chi connectivity index (χ1n) is 3.94. The van der Waals surface area contributed by atoms with Crippen LogP contribution in [0.4, 0.5) is 0 Å². The van der Waals surface area contributed by atoms with E-state index in [2.05, 4.69) is 6.08 Å². The Labute approximate surface area is 72.9 Å². The standard InChI is InChI=1S/C10H14O2/c1-2-3-4-5-6-7-8-9-10(11)12/h2-3,6-9H,4-5H2,1H3,(H,11,12)/b3-2-,7-6+,9-8+. The molecule has 0 radical (unpaired) electrons. The van der Waals surface area contributed by atoms with Crippen molar-refractivity contribution in [1.29, 1.82) is 0 Å². The molecule has 0 unspecified atom stereocenters. The maximum Gasteiger partial charge on any atom is 0.328 e. The first kappa shape index (κ1) is 10.7. The molecule has 0 atom stereocenters. The van der Waals surface area contributed by atoms with Gasteiger partial charge in [-0.15, -0.1) is 0 Å². The van der Waals surface area contributed by atoms with Crippen molar-refractivity contribution in [2.24, 2.45) is 0 Å². The summed E-state index contributed by atoms with van der Waals surface area (Å²) in [5.74, 6) is -0.909. The number of allylic oxidation sites excluding steroid dienone is 5. The Hall–Kier alpha value is -1.31. The van der Waals surface area contributed by atoms with Crippen molar-refractivity contribution in [1.82, 2.24) is 0 Å². The molecule has 0 aliphatic heterocycles. The van der Waals surface area contributed by atoms with Crippen LogP contribution in [0.2, 0.25) is 0 Å². The van der Waals surface area contributed by atoms with Crippen LogP contribution in [0.5, 0.6) is 0 Å². The normalized spacial score (nSPS) is 12.1. The van der Waals surface area contributed by atoms with Gasteiger partial charge >= 0.3 is 5.97 Å². The molecule has 1 N–H and O–H groups in total. The fraction of sp³-hybridized carbons (Fsp3) is 0.300. The van der Waals surface area contributed by atoms with Gasteiger partial charge in [0, 0.05) is 6.08 Å². The SMILES string of the molecule is C/C=C\CC/C=C/C=C/C(=O)O. The average Bonchev–Trinajstić information content (AvgIpc) is 2.02. The number of rotatable bonds is 5. The Morgan fingerprint density at radius 3 is 2.50 bits per heavy atom. The molecule has 0 aliphatic rings. The third-order valence-electron chi connectivity index (χ3n) is 1.22. The number of hydrogen-bond acceptors (Lipinski definition) is 1. The van der Waals surface area contributed by atoms with Crippen LogP contribution in [0.3, 0.4) is 0 Å². The summed E-state index contributed by atoms with van der Waals surface area (Å²) >= 11 is 0. The highest BCUT2D eigenvalue weighted by Gasteiger charge is 1.80. The number of aliphatic carboxylic acids is 1. The Morgan fingerprint density at radius 1 is 1.25 bits per heavy atom. The first-order chi connectivity index (χ1) is 5.77. The fourth-order valence-corrected chi connectivity index (χ4v) is 0.672. The summed E-state index contributed by atoms with van der Waals surface area (Å²) in [5, 5.41) is 8.22. The van der Waals surface area contributed by atoms with Gasteiger partial charge in [0.2, 0.25) is 0 Å². The van der Waals surface area contributed by atoms with E-state index in [0.717, 1.165) is 18.9 Å². The quantitative estimate of drug-likeness (QED) is 0.295. The van der Waals surface area contributed by atoms with Crippen LogP contribution >= 0.6 is 0 Å². The van der Waals surface area contributed by atoms with E-state index in [1.165, 1.54) is 6.08 Å². The summed E-state index contributed by atoms with van der Waals surface area (Å²) < 4.78 is 0. The fourth-order valence-electron chi connectivity index (χ4n) is 0.672. The molecule has 0 aromatic carbocycles. The van der Waals surface area contributed by atoms with Gasteiger partial charge in [0.1, 0.15) is 0 Å². The van der Waals surface area contributed by atoms with Crippen LogP contribution in [0.1, 0.15) is 19.8 Å². The molecule has 0 spiro atoms. The number of carboxylic acids is 1. The van der Waals surface area contributed by atoms with Crippen molar-refractivity contribution in [2.45, 2.75) is 19.8 Å². The molecule has 66 valence electrons. The highest BCUT2D eigenvalue weighted by atomic mass is 16.4. The van der Waals surface area contributed by atoms with E-state index in [1.807, 2.05) is 19.1 Å². The van der Waals surface area contributed by atoms with Crippen molar-refractivity contribution in [3.63, 3.8) is 0 Å². The van der Waals surface area contributed by atoms with Crippen LogP contribution in [0.25, 0.3) is 0 Å². The van der Waals surface area contributed by atoms with Crippen molar-refractivity contribution < 1.29 is 9.90 Å². The largest absolute Gasteiger partial charge is 0.478 e. The molecular weight excluding hydrogens is 152 g/mol. The lowest BCUT2D eigenvalue weighted by molar-refractivity contribution is -0.131. The Balaban J connectivity index is 3.43. The molecule has 0 saturated heterocycles. The lowest BCUT2D eigenvalue weighted by Gasteiger charge is -1.82. The van der Waals surface area contributed by atoms with E-state index < -0.39 is 5.97 Å². The van der Waals surface area contributed by atoms with Gasteiger partial charge < -0.3 is 5.11 Å². The summed E-state index contributed by atoms with van der Waals surface area (Å²) in [6.07, 6.45) is 12.4. The smallest absolute Gasteiger partial charge is 0.328 e. The molecule has 2 heteroatoms. The number of carbonyl (C=O) groups is 1.